The number of pyridine rings is 1. The fraction of sp³-hybridized carbons (Fsp3) is 0.286. The number of aryl methyl sites for hydroxylation is 3. The molecule has 3 aromatic rings. The Balaban J connectivity index is 2.01. The monoisotopic (exact) mass is 301 g/mol. The molecular weight excluding hydrogens is 286 g/mol. The maximum absolute atomic E-state index is 5.61. The molecule has 0 fully saturated rings. The molecule has 6 nitrogen and oxygen atoms in total. The van der Waals surface area contributed by atoms with Gasteiger partial charge in [-0.05, 0) is 32.9 Å². The van der Waals surface area contributed by atoms with Crippen LogP contribution >= 0.6 is 11.3 Å². The third-order valence-electron chi connectivity index (χ3n) is 2.98. The van der Waals surface area contributed by atoms with Crippen LogP contribution in [0.2, 0.25) is 0 Å². The van der Waals surface area contributed by atoms with E-state index in [0.29, 0.717) is 18.3 Å². The summed E-state index contributed by atoms with van der Waals surface area (Å²) >= 11 is 1.48. The van der Waals surface area contributed by atoms with Gasteiger partial charge in [-0.15, -0.1) is 11.3 Å². The summed E-state index contributed by atoms with van der Waals surface area (Å²) in [5.41, 5.74) is 9.23. The van der Waals surface area contributed by atoms with Crippen LogP contribution in [0, 0.1) is 20.8 Å². The molecule has 108 valence electrons. The summed E-state index contributed by atoms with van der Waals surface area (Å²) < 4.78 is 5.37. The van der Waals surface area contributed by atoms with Gasteiger partial charge in [-0.1, -0.05) is 5.16 Å². The summed E-state index contributed by atoms with van der Waals surface area (Å²) in [6.07, 6.45) is 0. The van der Waals surface area contributed by atoms with Gasteiger partial charge in [-0.2, -0.15) is 4.98 Å². The number of hydrogen-bond acceptors (Lipinski definition) is 7. The third kappa shape index (κ3) is 2.70. The summed E-state index contributed by atoms with van der Waals surface area (Å²) in [5, 5.41) is 4.91. The molecule has 0 spiro atoms. The fourth-order valence-corrected chi connectivity index (χ4v) is 3.00. The molecule has 0 aromatic carbocycles. The number of rotatable bonds is 3. The lowest BCUT2D eigenvalue weighted by molar-refractivity contribution is 0.433. The molecule has 0 aliphatic rings. The molecule has 0 atom stereocenters. The Bertz CT molecular complexity index is 772. The predicted molar refractivity (Wildman–Crippen MR) is 80.7 cm³/mol. The van der Waals surface area contributed by atoms with Crippen LogP contribution in [0.1, 0.15) is 22.1 Å². The molecule has 0 amide bonds. The highest BCUT2D eigenvalue weighted by molar-refractivity contribution is 7.15. The van der Waals surface area contributed by atoms with Crippen LogP contribution in [0.3, 0.4) is 0 Å². The Labute approximate surface area is 126 Å². The van der Waals surface area contributed by atoms with Gasteiger partial charge in [-0.25, -0.2) is 4.98 Å². The zero-order chi connectivity index (χ0) is 15.0. The standard InChI is InChI=1S/C14H15N5OS/c1-7-4-10(5-8(2)16-7)13-18-14(20-19-13)12-9(3)17-11(6-15)21-12/h4-5H,6,15H2,1-3H3. The van der Waals surface area contributed by atoms with E-state index in [4.69, 9.17) is 10.3 Å². The molecule has 0 aliphatic carbocycles. The Morgan fingerprint density at radius 2 is 1.81 bits per heavy atom. The molecule has 0 saturated carbocycles. The number of nitrogens with zero attached hydrogens (tertiary/aromatic N) is 4. The van der Waals surface area contributed by atoms with Crippen molar-refractivity contribution in [3.8, 4) is 22.2 Å². The second-order valence-corrected chi connectivity index (χ2v) is 5.87. The van der Waals surface area contributed by atoms with Gasteiger partial charge in [0, 0.05) is 23.5 Å². The van der Waals surface area contributed by atoms with Crippen LogP contribution in [-0.4, -0.2) is 20.1 Å². The zero-order valence-corrected chi connectivity index (χ0v) is 12.9. The van der Waals surface area contributed by atoms with Crippen LogP contribution in [-0.2, 0) is 6.54 Å². The summed E-state index contributed by atoms with van der Waals surface area (Å²) in [5.74, 6) is 1.03. The van der Waals surface area contributed by atoms with Crippen molar-refractivity contribution in [3.63, 3.8) is 0 Å². The predicted octanol–water partition coefficient (Wildman–Crippen LogP) is 2.64. The van der Waals surface area contributed by atoms with Crippen LogP contribution in [0.15, 0.2) is 16.7 Å². The smallest absolute Gasteiger partial charge is 0.270 e. The number of aromatic nitrogens is 4. The van der Waals surface area contributed by atoms with Gasteiger partial charge in [0.2, 0.25) is 5.82 Å². The zero-order valence-electron chi connectivity index (χ0n) is 12.0. The van der Waals surface area contributed by atoms with E-state index in [0.717, 1.165) is 32.5 Å². The molecular formula is C14H15N5OS. The van der Waals surface area contributed by atoms with Crippen molar-refractivity contribution in [2.45, 2.75) is 27.3 Å². The molecule has 3 heterocycles. The van der Waals surface area contributed by atoms with Crippen LogP contribution in [0.4, 0.5) is 0 Å². The van der Waals surface area contributed by atoms with Crippen molar-refractivity contribution < 1.29 is 4.52 Å². The fourth-order valence-electron chi connectivity index (χ4n) is 2.13. The molecule has 0 bridgehead atoms. The van der Waals surface area contributed by atoms with Gasteiger partial charge >= 0.3 is 0 Å². The number of nitrogens with two attached hydrogens (primary N) is 1. The summed E-state index contributed by atoms with van der Waals surface area (Å²) in [4.78, 5) is 14.1. The van der Waals surface area contributed by atoms with Crippen molar-refractivity contribution in [1.29, 1.82) is 0 Å². The largest absolute Gasteiger partial charge is 0.333 e. The summed E-state index contributed by atoms with van der Waals surface area (Å²) in [6, 6.07) is 3.87. The molecule has 2 N–H and O–H groups in total. The van der Waals surface area contributed by atoms with E-state index in [1.807, 2.05) is 32.9 Å². The second kappa shape index (κ2) is 5.34. The lowest BCUT2D eigenvalue weighted by atomic mass is 10.2. The van der Waals surface area contributed by atoms with Crippen molar-refractivity contribution in [2.24, 2.45) is 5.73 Å². The van der Waals surface area contributed by atoms with E-state index in [2.05, 4.69) is 20.1 Å². The van der Waals surface area contributed by atoms with E-state index in [1.54, 1.807) is 0 Å². The van der Waals surface area contributed by atoms with E-state index < -0.39 is 0 Å². The molecule has 7 heteroatoms. The lowest BCUT2D eigenvalue weighted by Gasteiger charge is -1.98. The van der Waals surface area contributed by atoms with Crippen LogP contribution in [0.5, 0.6) is 0 Å². The highest BCUT2D eigenvalue weighted by Gasteiger charge is 2.17. The topological polar surface area (TPSA) is 90.7 Å². The van der Waals surface area contributed by atoms with E-state index in [-0.39, 0.29) is 0 Å². The first-order chi connectivity index (χ1) is 10.1. The lowest BCUT2D eigenvalue weighted by Crippen LogP contribution is -1.94. The van der Waals surface area contributed by atoms with Gasteiger partial charge in [-0.3, -0.25) is 4.98 Å². The van der Waals surface area contributed by atoms with Crippen molar-refractivity contribution in [1.82, 2.24) is 20.1 Å². The average molecular weight is 301 g/mol. The maximum Gasteiger partial charge on any atom is 0.270 e. The van der Waals surface area contributed by atoms with Gasteiger partial charge < -0.3 is 10.3 Å². The SMILES string of the molecule is Cc1cc(-c2noc(-c3sc(CN)nc3C)n2)cc(C)n1. The Hall–Kier alpha value is -2.12. The Morgan fingerprint density at radius 1 is 1.10 bits per heavy atom. The normalized spacial score (nSPS) is 11.0. The van der Waals surface area contributed by atoms with Gasteiger partial charge in [0.25, 0.3) is 5.89 Å². The quantitative estimate of drug-likeness (QED) is 0.799. The Morgan fingerprint density at radius 3 is 2.43 bits per heavy atom. The average Bonchev–Trinajstić information content (AvgIpc) is 3.03. The summed E-state index contributed by atoms with van der Waals surface area (Å²) in [7, 11) is 0. The van der Waals surface area contributed by atoms with Crippen LogP contribution < -0.4 is 5.73 Å². The molecule has 0 unspecified atom stereocenters. The highest BCUT2D eigenvalue weighted by Crippen LogP contribution is 2.30. The van der Waals surface area contributed by atoms with E-state index >= 15 is 0 Å². The highest BCUT2D eigenvalue weighted by atomic mass is 32.1. The van der Waals surface area contributed by atoms with Crippen molar-refractivity contribution >= 4 is 11.3 Å². The maximum atomic E-state index is 5.61. The van der Waals surface area contributed by atoms with Crippen molar-refractivity contribution in [3.05, 3.63) is 34.2 Å². The third-order valence-corrected chi connectivity index (χ3v) is 4.14. The first-order valence-electron chi connectivity index (χ1n) is 6.53. The first-order valence-corrected chi connectivity index (χ1v) is 7.34. The van der Waals surface area contributed by atoms with Gasteiger partial charge in [0.1, 0.15) is 9.88 Å². The minimum Gasteiger partial charge on any atom is -0.333 e. The molecule has 21 heavy (non-hydrogen) atoms. The Kier molecular flexibility index (Phi) is 3.52. The molecule has 3 aromatic heterocycles. The van der Waals surface area contributed by atoms with Crippen LogP contribution in [0.25, 0.3) is 22.2 Å². The first kappa shape index (κ1) is 13.8. The van der Waals surface area contributed by atoms with E-state index in [1.165, 1.54) is 11.3 Å². The van der Waals surface area contributed by atoms with Gasteiger partial charge in [0.05, 0.1) is 5.69 Å². The number of hydrogen-bond donors (Lipinski definition) is 1. The minimum atomic E-state index is 0.412. The molecule has 0 aliphatic heterocycles. The minimum absolute atomic E-state index is 0.412. The summed E-state index contributed by atoms with van der Waals surface area (Å²) in [6.45, 7) is 6.21. The van der Waals surface area contributed by atoms with E-state index in [9.17, 15) is 0 Å². The molecule has 0 radical (unpaired) electrons. The molecule has 3 rings (SSSR count). The van der Waals surface area contributed by atoms with Gasteiger partial charge in [0.15, 0.2) is 0 Å². The van der Waals surface area contributed by atoms with Crippen molar-refractivity contribution in [2.75, 3.05) is 0 Å². The number of thiazole rings is 1. The second-order valence-electron chi connectivity index (χ2n) is 4.79. The molecule has 0 saturated heterocycles.